The highest BCUT2D eigenvalue weighted by Gasteiger charge is 2.56. The number of rotatable bonds is 1. The van der Waals surface area contributed by atoms with E-state index >= 15 is 0 Å². The third-order valence-electron chi connectivity index (χ3n) is 9.87. The predicted octanol–water partition coefficient (Wildman–Crippen LogP) is 6.82. The molecule has 194 valence electrons. The monoisotopic (exact) mass is 536 g/mol. The molecule has 0 saturated heterocycles. The van der Waals surface area contributed by atoms with Gasteiger partial charge in [0, 0.05) is 49.8 Å². The molecule has 0 amide bonds. The fourth-order valence-electron chi connectivity index (χ4n) is 8.48. The van der Waals surface area contributed by atoms with Crippen LogP contribution in [-0.2, 0) is 0 Å². The van der Waals surface area contributed by atoms with Crippen molar-refractivity contribution in [2.75, 3.05) is 0 Å². The van der Waals surface area contributed by atoms with Crippen LogP contribution in [0.3, 0.4) is 0 Å². The second kappa shape index (κ2) is 6.96. The summed E-state index contributed by atoms with van der Waals surface area (Å²) in [5.74, 6) is 0. The fraction of sp³-hybridized carbons (Fsp3) is 0. The molecule has 5 aromatic carbocycles. The maximum atomic E-state index is 4.87. The van der Waals surface area contributed by atoms with E-state index in [1.807, 2.05) is 24.9 Å². The summed E-state index contributed by atoms with van der Waals surface area (Å²) in [4.78, 5) is 9.53. The van der Waals surface area contributed by atoms with E-state index in [2.05, 4.69) is 126 Å². The molecule has 2 aliphatic rings. The average molecular weight is 536 g/mol. The van der Waals surface area contributed by atoms with Gasteiger partial charge in [0.2, 0.25) is 0 Å². The molecule has 0 fully saturated rings. The SMILES string of the molecule is c1ccc2c(c1)ccc1c2c2cccc3c2n1[B-]1(n2ccnc2)n2c4ccccc4c4cccc(c42)-c2cncc-3[n+]21. The molecule has 6 heterocycles. The second-order valence-electron chi connectivity index (χ2n) is 11.6. The van der Waals surface area contributed by atoms with Gasteiger partial charge < -0.3 is 17.9 Å². The van der Waals surface area contributed by atoms with Crippen LogP contribution in [0.2, 0.25) is 0 Å². The minimum absolute atomic E-state index is 1.10. The summed E-state index contributed by atoms with van der Waals surface area (Å²) in [7, 11) is 0. The minimum atomic E-state index is -1.93. The molecule has 0 N–H and O–H groups in total. The van der Waals surface area contributed by atoms with E-state index in [0.29, 0.717) is 0 Å². The van der Waals surface area contributed by atoms with Gasteiger partial charge in [-0.05, 0) is 41.2 Å². The highest BCUT2D eigenvalue weighted by atomic mass is 15.4. The van der Waals surface area contributed by atoms with Crippen molar-refractivity contribution in [2.24, 2.45) is 0 Å². The Kier molecular flexibility index (Phi) is 3.50. The predicted molar refractivity (Wildman–Crippen MR) is 168 cm³/mol. The average Bonchev–Trinajstić information content (AvgIpc) is 3.79. The van der Waals surface area contributed by atoms with Crippen molar-refractivity contribution in [2.45, 2.75) is 0 Å². The number of hydrogen-bond donors (Lipinski definition) is 0. The summed E-state index contributed by atoms with van der Waals surface area (Å²) < 4.78 is 10.1. The van der Waals surface area contributed by atoms with Gasteiger partial charge in [-0.3, -0.25) is 4.98 Å². The summed E-state index contributed by atoms with van der Waals surface area (Å²) in [5.41, 5.74) is 9.43. The van der Waals surface area contributed by atoms with Crippen LogP contribution in [0.15, 0.2) is 128 Å². The normalized spacial score (nSPS) is 16.7. The zero-order valence-electron chi connectivity index (χ0n) is 22.4. The second-order valence-corrected chi connectivity index (χ2v) is 11.6. The lowest BCUT2D eigenvalue weighted by atomic mass is 9.66. The molecular formula is C35H21BN6. The molecular weight excluding hydrogens is 515 g/mol. The maximum absolute atomic E-state index is 4.87. The molecule has 1 unspecified atom stereocenters. The van der Waals surface area contributed by atoms with Crippen LogP contribution in [0, 0.1) is 0 Å². The zero-order valence-corrected chi connectivity index (χ0v) is 22.4. The summed E-state index contributed by atoms with van der Waals surface area (Å²) in [6, 6.07) is 35.6. The summed E-state index contributed by atoms with van der Waals surface area (Å²) >= 11 is 0. The lowest BCUT2D eigenvalue weighted by Gasteiger charge is -2.46. The molecule has 42 heavy (non-hydrogen) atoms. The van der Waals surface area contributed by atoms with E-state index in [9.17, 15) is 0 Å². The number of benzene rings is 5. The van der Waals surface area contributed by atoms with Crippen LogP contribution in [0.25, 0.3) is 76.9 Å². The lowest BCUT2D eigenvalue weighted by Crippen LogP contribution is -2.81. The van der Waals surface area contributed by atoms with Crippen LogP contribution < -0.4 is 4.48 Å². The van der Waals surface area contributed by atoms with E-state index in [0.717, 1.165) is 11.4 Å². The molecule has 11 rings (SSSR count). The Balaban J connectivity index is 1.53. The standard InChI is InChI=1S/C35H21BN6/c1-2-8-23-22(7-1)15-16-30-33(23)28-13-6-12-27-32-20-38-19-31-26-11-5-10-25-24-9-3-4-14-29(24)41(34(25)26)36(40(31)32,42(30)35(27)28)39-18-17-37-21-39/h1-21H. The largest absolute Gasteiger partial charge is 0.599 e. The molecule has 0 aliphatic carbocycles. The van der Waals surface area contributed by atoms with Crippen molar-refractivity contribution >= 4 is 61.1 Å². The van der Waals surface area contributed by atoms with E-state index in [1.165, 1.54) is 65.5 Å². The molecule has 9 aromatic rings. The maximum Gasteiger partial charge on any atom is 0.599 e. The first-order valence-electron chi connectivity index (χ1n) is 14.4. The van der Waals surface area contributed by atoms with Gasteiger partial charge in [0.15, 0.2) is 11.4 Å². The van der Waals surface area contributed by atoms with Gasteiger partial charge in [0.25, 0.3) is 0 Å². The van der Waals surface area contributed by atoms with E-state index in [4.69, 9.17) is 4.98 Å². The van der Waals surface area contributed by atoms with E-state index < -0.39 is 6.69 Å². The molecule has 0 radical (unpaired) electrons. The Bertz CT molecular complexity index is 2650. The number of imidazole rings is 1. The Morgan fingerprint density at radius 2 is 1.26 bits per heavy atom. The Labute approximate surface area is 239 Å². The molecule has 0 saturated carbocycles. The lowest BCUT2D eigenvalue weighted by molar-refractivity contribution is -0.533. The summed E-state index contributed by atoms with van der Waals surface area (Å²) in [5, 5.41) is 7.53. The van der Waals surface area contributed by atoms with Crippen molar-refractivity contribution < 1.29 is 4.48 Å². The molecule has 1 atom stereocenters. The first-order chi connectivity index (χ1) is 20.9. The smallest absolute Gasteiger partial charge is 0.411 e. The number of fused-ring (bicyclic) bond motifs is 12. The summed E-state index contributed by atoms with van der Waals surface area (Å²) in [6.45, 7) is -1.93. The molecule has 6 nitrogen and oxygen atoms in total. The van der Waals surface area contributed by atoms with Crippen molar-refractivity contribution in [1.29, 1.82) is 0 Å². The van der Waals surface area contributed by atoms with Gasteiger partial charge in [-0.2, -0.15) is 0 Å². The van der Waals surface area contributed by atoms with Crippen LogP contribution in [-0.4, -0.2) is 30.1 Å². The van der Waals surface area contributed by atoms with Crippen LogP contribution in [0.5, 0.6) is 0 Å². The van der Waals surface area contributed by atoms with Crippen molar-refractivity contribution in [3.8, 4) is 22.5 Å². The Morgan fingerprint density at radius 1 is 0.571 bits per heavy atom. The molecule has 4 aromatic heterocycles. The quantitative estimate of drug-likeness (QED) is 0.216. The third-order valence-corrected chi connectivity index (χ3v) is 9.87. The number of nitrogens with zero attached hydrogens (tertiary/aromatic N) is 6. The molecule has 0 spiro atoms. The van der Waals surface area contributed by atoms with Gasteiger partial charge in [-0.1, -0.05) is 72.8 Å². The van der Waals surface area contributed by atoms with Gasteiger partial charge in [0.05, 0.1) is 29.8 Å². The van der Waals surface area contributed by atoms with Crippen molar-refractivity contribution in [1.82, 2.24) is 23.4 Å². The van der Waals surface area contributed by atoms with Crippen LogP contribution in [0.1, 0.15) is 0 Å². The Hall–Kier alpha value is -5.69. The van der Waals surface area contributed by atoms with Gasteiger partial charge >= 0.3 is 6.69 Å². The van der Waals surface area contributed by atoms with Crippen molar-refractivity contribution in [3.05, 3.63) is 128 Å². The highest BCUT2D eigenvalue weighted by molar-refractivity contribution is 6.72. The summed E-state index contributed by atoms with van der Waals surface area (Å²) in [6.07, 6.45) is 10.1. The third kappa shape index (κ3) is 2.11. The first kappa shape index (κ1) is 21.1. The van der Waals surface area contributed by atoms with Gasteiger partial charge in [-0.15, -0.1) is 0 Å². The van der Waals surface area contributed by atoms with E-state index in [-0.39, 0.29) is 0 Å². The van der Waals surface area contributed by atoms with Gasteiger partial charge in [-0.25, -0.2) is 4.98 Å². The van der Waals surface area contributed by atoms with Crippen molar-refractivity contribution in [3.63, 3.8) is 0 Å². The fourth-order valence-corrected chi connectivity index (χ4v) is 8.48. The number of para-hydroxylation sites is 3. The number of aromatic nitrogens is 6. The highest BCUT2D eigenvalue weighted by Crippen LogP contribution is 2.47. The molecule has 7 heteroatoms. The zero-order chi connectivity index (χ0) is 27.2. The van der Waals surface area contributed by atoms with Crippen LogP contribution in [0.4, 0.5) is 0 Å². The van der Waals surface area contributed by atoms with E-state index in [1.54, 1.807) is 0 Å². The van der Waals surface area contributed by atoms with Gasteiger partial charge in [0.1, 0.15) is 0 Å². The minimum Gasteiger partial charge on any atom is -0.411 e. The first-order valence-corrected chi connectivity index (χ1v) is 14.4. The van der Waals surface area contributed by atoms with Crippen LogP contribution >= 0.6 is 0 Å². The Morgan fingerprint density at radius 3 is 2.07 bits per heavy atom. The molecule has 0 bridgehead atoms. The molecule has 2 aliphatic heterocycles. The number of hydrogen-bond acceptors (Lipinski definition) is 2. The topological polar surface area (TPSA) is 44.5 Å².